The van der Waals surface area contributed by atoms with Gasteiger partial charge in [-0.3, -0.25) is 4.79 Å². The molecule has 1 aromatic carbocycles. The van der Waals surface area contributed by atoms with Crippen LogP contribution in [0, 0.1) is 6.92 Å². The van der Waals surface area contributed by atoms with E-state index in [0.29, 0.717) is 40.1 Å². The van der Waals surface area contributed by atoms with Crippen LogP contribution in [0.25, 0.3) is 0 Å². The zero-order valence-electron chi connectivity index (χ0n) is 13.0. The molecule has 23 heavy (non-hydrogen) atoms. The van der Waals surface area contributed by atoms with Gasteiger partial charge in [0, 0.05) is 22.9 Å². The highest BCUT2D eigenvalue weighted by atomic mass is 79.9. The smallest absolute Gasteiger partial charge is 0.347 e. The molecule has 0 N–H and O–H groups in total. The lowest BCUT2D eigenvalue weighted by molar-refractivity contribution is -0.147. The number of ketones is 1. The molecular formula is C16H17Br2ClO4. The van der Waals surface area contributed by atoms with E-state index in [1.165, 1.54) is 7.11 Å². The second-order valence-corrected chi connectivity index (χ2v) is 7.92. The molecule has 2 rings (SSSR count). The van der Waals surface area contributed by atoms with Gasteiger partial charge in [0.15, 0.2) is 11.9 Å². The first kappa shape index (κ1) is 18.7. The van der Waals surface area contributed by atoms with Gasteiger partial charge < -0.3 is 9.47 Å². The lowest BCUT2D eigenvalue weighted by Crippen LogP contribution is -2.33. The summed E-state index contributed by atoms with van der Waals surface area (Å²) in [4.78, 5) is 24.6. The van der Waals surface area contributed by atoms with Gasteiger partial charge in [-0.1, -0.05) is 50.4 Å². The Morgan fingerprint density at radius 3 is 2.70 bits per heavy atom. The minimum absolute atomic E-state index is 0.0886. The quantitative estimate of drug-likeness (QED) is 0.368. The second kappa shape index (κ2) is 7.11. The van der Waals surface area contributed by atoms with E-state index in [4.69, 9.17) is 21.1 Å². The van der Waals surface area contributed by atoms with Crippen LogP contribution in [-0.4, -0.2) is 34.6 Å². The lowest BCUT2D eigenvalue weighted by atomic mass is 9.93. The molecule has 0 amide bonds. The van der Waals surface area contributed by atoms with E-state index in [0.717, 1.165) is 5.56 Å². The molecule has 0 saturated heterocycles. The molecule has 0 aromatic heterocycles. The molecule has 1 aromatic rings. The van der Waals surface area contributed by atoms with Crippen molar-refractivity contribution >= 4 is 55.2 Å². The molecule has 4 nitrogen and oxygen atoms in total. The molecular weight excluding hydrogens is 451 g/mol. The summed E-state index contributed by atoms with van der Waals surface area (Å²) >= 11 is 13.3. The summed E-state index contributed by atoms with van der Waals surface area (Å²) in [6.07, 6.45) is 0.298. The maximum atomic E-state index is 12.9. The maximum Gasteiger partial charge on any atom is 0.347 e. The molecule has 126 valence electrons. The molecule has 0 fully saturated rings. The average Bonchev–Trinajstić information content (AvgIpc) is 3.00. The monoisotopic (exact) mass is 466 g/mol. The van der Waals surface area contributed by atoms with Gasteiger partial charge in [0.2, 0.25) is 0 Å². The summed E-state index contributed by atoms with van der Waals surface area (Å²) in [5.41, 5.74) is 1.90. The van der Waals surface area contributed by atoms with Gasteiger partial charge in [-0.05, 0) is 25.0 Å². The van der Waals surface area contributed by atoms with E-state index in [-0.39, 0.29) is 5.78 Å². The topological polar surface area (TPSA) is 52.6 Å². The van der Waals surface area contributed by atoms with Gasteiger partial charge in [0.1, 0.15) is 5.75 Å². The average molecular weight is 469 g/mol. The molecule has 0 radical (unpaired) electrons. The third kappa shape index (κ3) is 3.30. The van der Waals surface area contributed by atoms with Crippen molar-refractivity contribution in [2.24, 2.45) is 0 Å². The minimum Gasteiger partial charge on any atom is -0.478 e. The number of halogens is 3. The summed E-state index contributed by atoms with van der Waals surface area (Å²) in [5.74, 6) is 0.0419. The van der Waals surface area contributed by atoms with E-state index in [1.54, 1.807) is 13.0 Å². The molecule has 7 heteroatoms. The van der Waals surface area contributed by atoms with Crippen LogP contribution in [0.3, 0.4) is 0 Å². The van der Waals surface area contributed by atoms with Crippen LogP contribution >= 0.6 is 43.5 Å². The first-order chi connectivity index (χ1) is 10.8. The Bertz CT molecular complexity index is 656. The van der Waals surface area contributed by atoms with Crippen LogP contribution in [0.4, 0.5) is 0 Å². The van der Waals surface area contributed by atoms with Gasteiger partial charge in [-0.25, -0.2) is 4.79 Å². The fraction of sp³-hybridized carbons (Fsp3) is 0.500. The highest BCUT2D eigenvalue weighted by Crippen LogP contribution is 2.41. The van der Waals surface area contributed by atoms with Crippen LogP contribution in [0.2, 0.25) is 5.02 Å². The zero-order chi connectivity index (χ0) is 17.4. The van der Waals surface area contributed by atoms with Crippen molar-refractivity contribution in [2.45, 2.75) is 37.1 Å². The number of hydrogen-bond donors (Lipinski definition) is 0. The molecule has 1 aliphatic rings. The molecule has 0 aliphatic carbocycles. The number of carbonyl (C=O) groups is 2. The minimum atomic E-state index is -0.710. The summed E-state index contributed by atoms with van der Waals surface area (Å²) in [5, 5.41) is 0.834. The highest BCUT2D eigenvalue weighted by molar-refractivity contribution is 9.12. The standard InChI is InChI=1S/C16H17Br2ClO4/c1-4-16(18,7-17)14(20)10-5-9-6-11(15(21)22-3)23-13(9)8(2)12(10)19/h5,11H,4,6-7H2,1-3H3. The van der Waals surface area contributed by atoms with Crippen LogP contribution in [-0.2, 0) is 16.0 Å². The Labute approximate surface area is 157 Å². The first-order valence-electron chi connectivity index (χ1n) is 7.15. The van der Waals surface area contributed by atoms with E-state index < -0.39 is 16.4 Å². The van der Waals surface area contributed by atoms with Gasteiger partial charge >= 0.3 is 5.97 Å². The van der Waals surface area contributed by atoms with Crippen molar-refractivity contribution in [3.8, 4) is 5.75 Å². The Kier molecular flexibility index (Phi) is 5.80. The molecule has 2 unspecified atom stereocenters. The van der Waals surface area contributed by atoms with Gasteiger partial charge in [0.25, 0.3) is 0 Å². The summed E-state index contributed by atoms with van der Waals surface area (Å²) in [6.45, 7) is 3.71. The van der Waals surface area contributed by atoms with E-state index in [9.17, 15) is 9.59 Å². The number of Topliss-reactive ketones (excluding diaryl/α,β-unsaturated/α-hetero) is 1. The number of carbonyl (C=O) groups excluding carboxylic acids is 2. The number of benzene rings is 1. The molecule has 1 aliphatic heterocycles. The van der Waals surface area contributed by atoms with Crippen molar-refractivity contribution in [1.29, 1.82) is 0 Å². The molecule has 0 bridgehead atoms. The third-order valence-corrected chi connectivity index (χ3v) is 7.47. The predicted octanol–water partition coefficient (Wildman–Crippen LogP) is 4.25. The van der Waals surface area contributed by atoms with Crippen molar-refractivity contribution < 1.29 is 19.1 Å². The van der Waals surface area contributed by atoms with E-state index in [2.05, 4.69) is 31.9 Å². The van der Waals surface area contributed by atoms with Crippen molar-refractivity contribution in [2.75, 3.05) is 12.4 Å². The Hall–Kier alpha value is -0.590. The predicted molar refractivity (Wildman–Crippen MR) is 96.4 cm³/mol. The highest BCUT2D eigenvalue weighted by Gasteiger charge is 2.38. The zero-order valence-corrected chi connectivity index (χ0v) is 17.0. The third-order valence-electron chi connectivity index (χ3n) is 4.07. The van der Waals surface area contributed by atoms with E-state index in [1.807, 2.05) is 6.92 Å². The van der Waals surface area contributed by atoms with Crippen LogP contribution in [0.15, 0.2) is 6.07 Å². The Morgan fingerprint density at radius 2 is 2.17 bits per heavy atom. The Balaban J connectivity index is 2.46. The SMILES string of the molecule is CCC(Br)(CBr)C(=O)c1cc2c(c(C)c1Cl)OC(C(=O)OC)C2. The Morgan fingerprint density at radius 1 is 1.52 bits per heavy atom. The van der Waals surface area contributed by atoms with Crippen LogP contribution < -0.4 is 4.74 Å². The second-order valence-electron chi connectivity index (χ2n) is 5.47. The van der Waals surface area contributed by atoms with Crippen LogP contribution in [0.1, 0.15) is 34.8 Å². The fourth-order valence-corrected chi connectivity index (χ4v) is 3.62. The summed E-state index contributed by atoms with van der Waals surface area (Å²) < 4.78 is 9.67. The number of esters is 1. The van der Waals surface area contributed by atoms with Gasteiger partial charge in [0.05, 0.1) is 16.5 Å². The summed E-state index contributed by atoms with van der Waals surface area (Å²) in [6, 6.07) is 1.73. The summed E-state index contributed by atoms with van der Waals surface area (Å²) in [7, 11) is 1.32. The molecule has 1 heterocycles. The van der Waals surface area contributed by atoms with Crippen molar-refractivity contribution in [1.82, 2.24) is 0 Å². The molecule has 2 atom stereocenters. The van der Waals surface area contributed by atoms with Gasteiger partial charge in [-0.2, -0.15) is 0 Å². The largest absolute Gasteiger partial charge is 0.478 e. The van der Waals surface area contributed by atoms with Crippen LogP contribution in [0.5, 0.6) is 5.75 Å². The number of ether oxygens (including phenoxy) is 2. The first-order valence-corrected chi connectivity index (χ1v) is 9.44. The number of methoxy groups -OCH3 is 1. The van der Waals surface area contributed by atoms with Crippen molar-refractivity contribution in [3.05, 3.63) is 27.8 Å². The normalized spacial score (nSPS) is 18.8. The molecule has 0 saturated carbocycles. The fourth-order valence-electron chi connectivity index (χ4n) is 2.53. The number of hydrogen-bond acceptors (Lipinski definition) is 4. The number of alkyl halides is 2. The number of rotatable bonds is 5. The maximum absolute atomic E-state index is 12.9. The number of fused-ring (bicyclic) bond motifs is 1. The van der Waals surface area contributed by atoms with Crippen molar-refractivity contribution in [3.63, 3.8) is 0 Å². The molecule has 0 spiro atoms. The van der Waals surface area contributed by atoms with E-state index >= 15 is 0 Å². The lowest BCUT2D eigenvalue weighted by Gasteiger charge is -2.23. The van der Waals surface area contributed by atoms with Gasteiger partial charge in [-0.15, -0.1) is 0 Å².